The van der Waals surface area contributed by atoms with Gasteiger partial charge in [-0.25, -0.2) is 4.98 Å². The molecule has 1 aromatic heterocycles. The lowest BCUT2D eigenvalue weighted by atomic mass is 10.2. The lowest BCUT2D eigenvalue weighted by molar-refractivity contribution is -0.129. The number of ether oxygens (including phenoxy) is 2. The summed E-state index contributed by atoms with van der Waals surface area (Å²) >= 11 is 1.45. The summed E-state index contributed by atoms with van der Waals surface area (Å²) in [5.74, 6) is -0.0661. The second kappa shape index (κ2) is 7.84. The molecule has 0 bridgehead atoms. The molecule has 0 spiro atoms. The Morgan fingerprint density at radius 1 is 1.71 bits per heavy atom. The van der Waals surface area contributed by atoms with E-state index in [9.17, 15) is 4.79 Å². The second-order valence-corrected chi connectivity index (χ2v) is 5.99. The van der Waals surface area contributed by atoms with E-state index in [0.29, 0.717) is 24.9 Å². The van der Waals surface area contributed by atoms with E-state index in [4.69, 9.17) is 9.47 Å². The zero-order valence-electron chi connectivity index (χ0n) is 12.8. The monoisotopic (exact) mass is 313 g/mol. The van der Waals surface area contributed by atoms with Crippen LogP contribution in [0.2, 0.25) is 0 Å². The van der Waals surface area contributed by atoms with Gasteiger partial charge in [-0.1, -0.05) is 0 Å². The Morgan fingerprint density at radius 2 is 2.52 bits per heavy atom. The van der Waals surface area contributed by atoms with Gasteiger partial charge in [-0.2, -0.15) is 0 Å². The number of aromatic nitrogens is 1. The molecule has 1 aliphatic rings. The molecule has 2 heterocycles. The van der Waals surface area contributed by atoms with Crippen molar-refractivity contribution in [2.24, 2.45) is 0 Å². The van der Waals surface area contributed by atoms with Crippen molar-refractivity contribution in [1.82, 2.24) is 9.88 Å². The van der Waals surface area contributed by atoms with E-state index in [0.717, 1.165) is 13.1 Å². The van der Waals surface area contributed by atoms with E-state index in [1.807, 2.05) is 12.3 Å². The molecule has 1 amide bonds. The highest BCUT2D eigenvalue weighted by molar-refractivity contribution is 7.13. The lowest BCUT2D eigenvalue weighted by Gasteiger charge is -2.33. The maximum Gasteiger partial charge on any atom is 0.257 e. The minimum atomic E-state index is -0.472. The third kappa shape index (κ3) is 4.47. The Balaban J connectivity index is 2.07. The average molecular weight is 313 g/mol. The average Bonchev–Trinajstić information content (AvgIpc) is 2.98. The minimum absolute atomic E-state index is 0.00502. The van der Waals surface area contributed by atoms with E-state index >= 15 is 0 Å². The summed E-state index contributed by atoms with van der Waals surface area (Å²) in [4.78, 5) is 20.8. The molecule has 0 aliphatic carbocycles. The first-order chi connectivity index (χ1) is 10.1. The zero-order chi connectivity index (χ0) is 15.2. The number of carbonyl (C=O) groups excluding carboxylic acids is 1. The number of rotatable bonds is 6. The Bertz CT molecular complexity index is 441. The molecule has 21 heavy (non-hydrogen) atoms. The first-order valence-corrected chi connectivity index (χ1v) is 8.12. The van der Waals surface area contributed by atoms with E-state index in [2.05, 4.69) is 16.9 Å². The zero-order valence-corrected chi connectivity index (χ0v) is 13.6. The van der Waals surface area contributed by atoms with E-state index < -0.39 is 6.10 Å². The molecule has 6 nitrogen and oxygen atoms in total. The highest BCUT2D eigenvalue weighted by atomic mass is 32.1. The summed E-state index contributed by atoms with van der Waals surface area (Å²) in [6, 6.07) is 0. The molecule has 1 saturated heterocycles. The third-order valence-electron chi connectivity index (χ3n) is 3.41. The molecule has 1 fully saturated rings. The SMILES string of the molecule is CCO[C@@H](C)C(=O)N(C[C@H]1CN(C)CCO1)c1nccs1. The summed E-state index contributed by atoms with van der Waals surface area (Å²) < 4.78 is 11.2. The van der Waals surface area contributed by atoms with Gasteiger partial charge in [0.05, 0.1) is 19.3 Å². The molecule has 1 aromatic rings. The molecule has 0 unspecified atom stereocenters. The number of morpholine rings is 1. The Morgan fingerprint density at radius 3 is 3.14 bits per heavy atom. The van der Waals surface area contributed by atoms with Crippen molar-refractivity contribution in [2.45, 2.75) is 26.1 Å². The smallest absolute Gasteiger partial charge is 0.257 e. The molecule has 2 atom stereocenters. The van der Waals surface area contributed by atoms with Gasteiger partial charge in [0, 0.05) is 31.3 Å². The highest BCUT2D eigenvalue weighted by Crippen LogP contribution is 2.20. The second-order valence-electron chi connectivity index (χ2n) is 5.12. The van der Waals surface area contributed by atoms with Gasteiger partial charge in [-0.15, -0.1) is 11.3 Å². The molecule has 0 N–H and O–H groups in total. The molecule has 0 saturated carbocycles. The third-order valence-corrected chi connectivity index (χ3v) is 4.20. The first-order valence-electron chi connectivity index (χ1n) is 7.24. The van der Waals surface area contributed by atoms with Gasteiger partial charge in [0.15, 0.2) is 5.13 Å². The number of anilines is 1. The number of carbonyl (C=O) groups is 1. The molecular formula is C14H23N3O3S. The van der Waals surface area contributed by atoms with Crippen molar-refractivity contribution in [1.29, 1.82) is 0 Å². The fourth-order valence-electron chi connectivity index (χ4n) is 2.33. The minimum Gasteiger partial charge on any atom is -0.374 e. The fourth-order valence-corrected chi connectivity index (χ4v) is 2.99. The van der Waals surface area contributed by atoms with Crippen molar-refractivity contribution in [3.63, 3.8) is 0 Å². The molecule has 0 aromatic carbocycles. The summed E-state index contributed by atoms with van der Waals surface area (Å²) in [6.45, 7) is 7.13. The van der Waals surface area contributed by atoms with Crippen LogP contribution < -0.4 is 4.90 Å². The van der Waals surface area contributed by atoms with Crippen LogP contribution in [0, 0.1) is 0 Å². The van der Waals surface area contributed by atoms with Gasteiger partial charge in [0.25, 0.3) is 5.91 Å². The predicted molar refractivity (Wildman–Crippen MR) is 82.8 cm³/mol. The summed E-state index contributed by atoms with van der Waals surface area (Å²) in [6.07, 6.45) is 1.24. The topological polar surface area (TPSA) is 54.9 Å². The quantitative estimate of drug-likeness (QED) is 0.791. The van der Waals surface area contributed by atoms with Gasteiger partial charge >= 0.3 is 0 Å². The van der Waals surface area contributed by atoms with Crippen molar-refractivity contribution < 1.29 is 14.3 Å². The normalized spacial score (nSPS) is 21.2. The van der Waals surface area contributed by atoms with Gasteiger partial charge in [-0.05, 0) is 20.9 Å². The summed E-state index contributed by atoms with van der Waals surface area (Å²) in [5, 5.41) is 2.57. The number of amides is 1. The largest absolute Gasteiger partial charge is 0.374 e. The maximum atomic E-state index is 12.6. The van der Waals surface area contributed by atoms with Gasteiger partial charge in [-0.3, -0.25) is 9.69 Å². The fraction of sp³-hybridized carbons (Fsp3) is 0.714. The van der Waals surface area contributed by atoms with Gasteiger partial charge in [0.1, 0.15) is 6.10 Å². The van der Waals surface area contributed by atoms with E-state index in [1.54, 1.807) is 18.0 Å². The number of hydrogen-bond acceptors (Lipinski definition) is 6. The van der Waals surface area contributed by atoms with E-state index in [-0.39, 0.29) is 12.0 Å². The van der Waals surface area contributed by atoms with Crippen molar-refractivity contribution in [3.05, 3.63) is 11.6 Å². The van der Waals surface area contributed by atoms with Crippen LogP contribution in [0.4, 0.5) is 5.13 Å². The van der Waals surface area contributed by atoms with Crippen LogP contribution in [0.1, 0.15) is 13.8 Å². The van der Waals surface area contributed by atoms with Crippen LogP contribution in [0.5, 0.6) is 0 Å². The van der Waals surface area contributed by atoms with Crippen molar-refractivity contribution in [2.75, 3.05) is 44.8 Å². The summed E-state index contributed by atoms with van der Waals surface area (Å²) in [7, 11) is 2.06. The molecule has 7 heteroatoms. The van der Waals surface area contributed by atoms with Crippen LogP contribution >= 0.6 is 11.3 Å². The van der Waals surface area contributed by atoms with Crippen molar-refractivity contribution >= 4 is 22.4 Å². The number of thiazole rings is 1. The molecule has 2 rings (SSSR count). The van der Waals surface area contributed by atoms with Crippen LogP contribution in [0.3, 0.4) is 0 Å². The van der Waals surface area contributed by atoms with Gasteiger partial charge in [0.2, 0.25) is 0 Å². The Labute approximate surface area is 129 Å². The van der Waals surface area contributed by atoms with Crippen LogP contribution in [-0.2, 0) is 14.3 Å². The van der Waals surface area contributed by atoms with Crippen LogP contribution in [0.25, 0.3) is 0 Å². The van der Waals surface area contributed by atoms with Crippen molar-refractivity contribution in [3.8, 4) is 0 Å². The molecule has 118 valence electrons. The molecular weight excluding hydrogens is 290 g/mol. The lowest BCUT2D eigenvalue weighted by Crippen LogP contribution is -2.49. The molecule has 0 radical (unpaired) electrons. The maximum absolute atomic E-state index is 12.6. The number of hydrogen-bond donors (Lipinski definition) is 0. The number of nitrogens with zero attached hydrogens (tertiary/aromatic N) is 3. The molecule has 1 aliphatic heterocycles. The highest BCUT2D eigenvalue weighted by Gasteiger charge is 2.28. The van der Waals surface area contributed by atoms with Crippen LogP contribution in [-0.4, -0.2) is 67.9 Å². The Kier molecular flexibility index (Phi) is 6.10. The Hall–Kier alpha value is -1.02. The first kappa shape index (κ1) is 16.4. The van der Waals surface area contributed by atoms with Crippen LogP contribution in [0.15, 0.2) is 11.6 Å². The predicted octanol–water partition coefficient (Wildman–Crippen LogP) is 1.23. The van der Waals surface area contributed by atoms with E-state index in [1.165, 1.54) is 11.3 Å². The number of likely N-dealkylation sites (N-methyl/N-ethyl adjacent to an activating group) is 1. The standard InChI is InChI=1S/C14H23N3O3S/c1-4-19-11(2)13(18)17(14-15-5-8-21-14)10-12-9-16(3)6-7-20-12/h5,8,11-12H,4,6-7,9-10H2,1-3H3/t11-,12+/m0/s1. The van der Waals surface area contributed by atoms with Gasteiger partial charge < -0.3 is 14.4 Å². The summed E-state index contributed by atoms with van der Waals surface area (Å²) in [5.41, 5.74) is 0.